The molecular weight excluding hydrogens is 359 g/mol. The van der Waals surface area contributed by atoms with Crippen LogP contribution in [0.1, 0.15) is 17.6 Å². The number of aryl methyl sites for hydroxylation is 1. The minimum Gasteiger partial charge on any atom is -1.00 e. The second-order valence-corrected chi connectivity index (χ2v) is 5.59. The predicted octanol–water partition coefficient (Wildman–Crippen LogP) is -0.0280. The van der Waals surface area contributed by atoms with E-state index in [-0.39, 0.29) is 42.4 Å². The molecule has 7 nitrogen and oxygen atoms in total. The number of carbonyl (C=O) groups excluding carboxylic acids is 1. The molecule has 2 aromatic carbocycles. The average Bonchev–Trinajstić information content (AvgIpc) is 2.63. The molecule has 0 unspecified atom stereocenters. The number of aliphatic carboxylic acids is 1. The first-order valence-corrected chi connectivity index (χ1v) is 7.82. The van der Waals surface area contributed by atoms with Crippen molar-refractivity contribution in [1.29, 1.82) is 0 Å². The number of ether oxygens (including phenoxy) is 1. The molecule has 0 atom stereocenters. The summed E-state index contributed by atoms with van der Waals surface area (Å²) < 4.78 is 5.77. The number of aromatic hydroxyl groups is 1. The van der Waals surface area contributed by atoms with Gasteiger partial charge in [0, 0.05) is 16.5 Å². The van der Waals surface area contributed by atoms with Gasteiger partial charge in [0.15, 0.2) is 11.4 Å². The molecule has 0 aliphatic rings. The zero-order chi connectivity index (χ0) is 18.7. The Balaban J connectivity index is 0.00000196. The molecule has 0 saturated heterocycles. The first-order chi connectivity index (χ1) is 12.5. The number of aromatic nitrogens is 1. The van der Waals surface area contributed by atoms with Gasteiger partial charge < -0.3 is 21.7 Å². The topological polar surface area (TPSA) is 109 Å². The fraction of sp³-hybridized carbons (Fsp3) is 0.105. The van der Waals surface area contributed by atoms with E-state index in [0.29, 0.717) is 28.0 Å². The van der Waals surface area contributed by atoms with Gasteiger partial charge in [-0.25, -0.2) is 4.98 Å². The molecule has 3 aromatic rings. The first-order valence-electron chi connectivity index (χ1n) is 7.82. The molecule has 8 heteroatoms. The summed E-state index contributed by atoms with van der Waals surface area (Å²) in [6, 6.07) is 14.3. The number of carboxylic acids is 1. The van der Waals surface area contributed by atoms with Crippen molar-refractivity contribution >= 4 is 22.6 Å². The van der Waals surface area contributed by atoms with Crippen molar-refractivity contribution in [2.75, 3.05) is 6.54 Å². The van der Waals surface area contributed by atoms with Crippen LogP contribution in [0.2, 0.25) is 0 Å². The zero-order valence-electron chi connectivity index (χ0n) is 15.9. The van der Waals surface area contributed by atoms with Crippen molar-refractivity contribution in [3.05, 3.63) is 59.9 Å². The zero-order valence-corrected chi connectivity index (χ0v) is 16.9. The Labute approximate surface area is 178 Å². The third-order valence-electron chi connectivity index (χ3n) is 3.73. The summed E-state index contributed by atoms with van der Waals surface area (Å²) in [5, 5.41) is 22.3. The summed E-state index contributed by atoms with van der Waals surface area (Å²) >= 11 is 0. The van der Waals surface area contributed by atoms with Crippen molar-refractivity contribution in [2.24, 2.45) is 0 Å². The van der Waals surface area contributed by atoms with Gasteiger partial charge in [-0.3, -0.25) is 9.59 Å². The minimum atomic E-state index is -1.18. The van der Waals surface area contributed by atoms with Gasteiger partial charge in [-0.2, -0.15) is 0 Å². The van der Waals surface area contributed by atoms with Gasteiger partial charge in [-0.05, 0) is 37.3 Å². The molecule has 1 heterocycles. The normalized spacial score (nSPS) is 10.1. The second-order valence-electron chi connectivity index (χ2n) is 5.59. The summed E-state index contributed by atoms with van der Waals surface area (Å²) in [6.07, 6.45) is 0. The third-order valence-corrected chi connectivity index (χ3v) is 3.73. The van der Waals surface area contributed by atoms with Crippen LogP contribution in [-0.4, -0.2) is 33.6 Å². The van der Waals surface area contributed by atoms with Crippen LogP contribution in [0, 0.1) is 6.92 Å². The minimum absolute atomic E-state index is 0. The molecule has 27 heavy (non-hydrogen) atoms. The van der Waals surface area contributed by atoms with Gasteiger partial charge >= 0.3 is 35.5 Å². The fourth-order valence-corrected chi connectivity index (χ4v) is 2.52. The molecule has 3 N–H and O–H groups in total. The number of carboxylic acid groups (broad SMARTS) is 1. The molecule has 1 amide bonds. The van der Waals surface area contributed by atoms with Crippen LogP contribution in [0.25, 0.3) is 10.8 Å². The number of benzene rings is 2. The van der Waals surface area contributed by atoms with E-state index in [4.69, 9.17) is 9.84 Å². The van der Waals surface area contributed by atoms with Crippen molar-refractivity contribution in [2.45, 2.75) is 6.92 Å². The summed E-state index contributed by atoms with van der Waals surface area (Å²) in [5.74, 6) is -1.00. The number of nitrogens with zero attached hydrogens (tertiary/aromatic N) is 1. The number of pyridine rings is 1. The quantitative estimate of drug-likeness (QED) is 0.540. The molecule has 134 valence electrons. The Hall–Kier alpha value is -2.61. The number of nitrogens with one attached hydrogen (secondary N) is 1. The smallest absolute Gasteiger partial charge is 1.00 e. The summed E-state index contributed by atoms with van der Waals surface area (Å²) in [7, 11) is 0. The number of hydrogen-bond acceptors (Lipinski definition) is 5. The van der Waals surface area contributed by atoms with Gasteiger partial charge in [-0.1, -0.05) is 18.2 Å². The monoisotopic (exact) mass is 376 g/mol. The maximum absolute atomic E-state index is 12.1. The van der Waals surface area contributed by atoms with E-state index in [1.165, 1.54) is 0 Å². The Morgan fingerprint density at radius 3 is 2.48 bits per heavy atom. The summed E-state index contributed by atoms with van der Waals surface area (Å²) in [5.41, 5.74) is 0.296. The largest absolute Gasteiger partial charge is 1.00 e. The van der Waals surface area contributed by atoms with Crippen molar-refractivity contribution in [3.63, 3.8) is 0 Å². The van der Waals surface area contributed by atoms with Gasteiger partial charge in [0.2, 0.25) is 0 Å². The third kappa shape index (κ3) is 4.77. The van der Waals surface area contributed by atoms with Crippen molar-refractivity contribution in [3.8, 4) is 17.2 Å². The van der Waals surface area contributed by atoms with Crippen LogP contribution < -0.4 is 39.6 Å². The molecule has 1 aromatic heterocycles. The number of hydrogen-bond donors (Lipinski definition) is 3. The van der Waals surface area contributed by atoms with E-state index in [1.807, 2.05) is 30.3 Å². The number of rotatable bonds is 5. The van der Waals surface area contributed by atoms with E-state index in [2.05, 4.69) is 10.3 Å². The van der Waals surface area contributed by atoms with Crippen LogP contribution in [0.4, 0.5) is 0 Å². The van der Waals surface area contributed by atoms with E-state index in [0.717, 1.165) is 0 Å². The number of para-hydroxylation sites is 1. The summed E-state index contributed by atoms with van der Waals surface area (Å²) in [4.78, 5) is 26.7. The van der Waals surface area contributed by atoms with E-state index in [1.54, 1.807) is 25.1 Å². The van der Waals surface area contributed by atoms with Crippen LogP contribution in [-0.2, 0) is 4.79 Å². The van der Waals surface area contributed by atoms with Gasteiger partial charge in [0.25, 0.3) is 5.91 Å². The fourth-order valence-electron chi connectivity index (χ4n) is 2.52. The number of amides is 1. The van der Waals surface area contributed by atoms with E-state index >= 15 is 0 Å². The van der Waals surface area contributed by atoms with Crippen LogP contribution >= 0.6 is 0 Å². The van der Waals surface area contributed by atoms with Crippen LogP contribution in [0.5, 0.6) is 17.2 Å². The number of fused-ring (bicyclic) bond motifs is 1. The molecule has 0 aliphatic carbocycles. The maximum atomic E-state index is 12.1. The molecule has 0 aliphatic heterocycles. The molecule has 0 fully saturated rings. The molecule has 3 rings (SSSR count). The maximum Gasteiger partial charge on any atom is 1.00 e. The predicted molar refractivity (Wildman–Crippen MR) is 95.7 cm³/mol. The SMILES string of the molecule is Cc1nc(C(=O)NCC(=O)O)c(O)c2ccc(Oc3ccccc3)cc12.[H-].[Na+]. The van der Waals surface area contributed by atoms with E-state index in [9.17, 15) is 14.7 Å². The molecular formula is C19H17N2NaO5. The van der Waals surface area contributed by atoms with E-state index < -0.39 is 18.4 Å². The Morgan fingerprint density at radius 2 is 1.81 bits per heavy atom. The summed E-state index contributed by atoms with van der Waals surface area (Å²) in [6.45, 7) is 1.14. The Morgan fingerprint density at radius 1 is 1.11 bits per heavy atom. The Kier molecular flexibility index (Phi) is 6.79. The first kappa shape index (κ1) is 20.7. The van der Waals surface area contributed by atoms with Crippen LogP contribution in [0.3, 0.4) is 0 Å². The standard InChI is InChI=1S/C19H16N2O5.Na.H/c1-11-15-9-13(26-12-5-3-2-4-6-12)7-8-14(15)18(24)17(21-11)19(25)20-10-16(22)23;;/h2-9,24H,10H2,1H3,(H,20,25)(H,22,23);;/q;+1;-1. The molecule has 0 radical (unpaired) electrons. The Bertz CT molecular complexity index is 999. The number of carbonyl (C=O) groups is 2. The van der Waals surface area contributed by atoms with Crippen molar-refractivity contribution in [1.82, 2.24) is 10.3 Å². The van der Waals surface area contributed by atoms with Crippen molar-refractivity contribution < 1.29 is 55.5 Å². The van der Waals surface area contributed by atoms with Gasteiger partial charge in [-0.15, -0.1) is 0 Å². The second kappa shape index (κ2) is 8.85. The van der Waals surface area contributed by atoms with Gasteiger partial charge in [0.1, 0.15) is 18.0 Å². The molecule has 0 bridgehead atoms. The molecule has 0 spiro atoms. The van der Waals surface area contributed by atoms with Crippen LogP contribution in [0.15, 0.2) is 48.5 Å². The molecule has 0 saturated carbocycles. The van der Waals surface area contributed by atoms with Gasteiger partial charge in [0.05, 0.1) is 0 Å². The average molecular weight is 376 g/mol.